The number of hydrogen-bond donors (Lipinski definition) is 2. The van der Waals surface area contributed by atoms with Gasteiger partial charge in [0.15, 0.2) is 5.96 Å². The first-order valence-corrected chi connectivity index (χ1v) is 9.31. The van der Waals surface area contributed by atoms with E-state index in [0.717, 1.165) is 29.5 Å². The van der Waals surface area contributed by atoms with E-state index in [0.29, 0.717) is 19.1 Å². The standard InChI is InChI=1S/C21H30N4O.HI/c1-4-17(5-2)14-24-21(22-3)25-15-18-9-8-11-20(13-18)26-16-19-10-6-7-12-23-19;/h6-13,17H,4-5,14-16H2,1-3H3,(H2,22,24,25);1H. The summed E-state index contributed by atoms with van der Waals surface area (Å²) < 4.78 is 5.84. The van der Waals surface area contributed by atoms with Crippen molar-refractivity contribution in [2.24, 2.45) is 10.9 Å². The third-order valence-electron chi connectivity index (χ3n) is 4.41. The van der Waals surface area contributed by atoms with E-state index in [-0.39, 0.29) is 24.0 Å². The maximum absolute atomic E-state index is 5.84. The lowest BCUT2D eigenvalue weighted by Crippen LogP contribution is -2.39. The molecule has 1 aromatic heterocycles. The average molecular weight is 482 g/mol. The minimum Gasteiger partial charge on any atom is -0.487 e. The third-order valence-corrected chi connectivity index (χ3v) is 4.41. The maximum atomic E-state index is 5.84. The number of pyridine rings is 1. The number of halogens is 1. The quantitative estimate of drug-likeness (QED) is 0.317. The first-order chi connectivity index (χ1) is 12.7. The van der Waals surface area contributed by atoms with E-state index in [2.05, 4.69) is 40.5 Å². The van der Waals surface area contributed by atoms with Crippen LogP contribution in [0.3, 0.4) is 0 Å². The fourth-order valence-corrected chi connectivity index (χ4v) is 2.61. The topological polar surface area (TPSA) is 58.5 Å². The van der Waals surface area contributed by atoms with E-state index in [1.807, 2.05) is 36.4 Å². The Morgan fingerprint density at radius 3 is 2.59 bits per heavy atom. The van der Waals surface area contributed by atoms with Gasteiger partial charge in [0, 0.05) is 26.3 Å². The molecule has 1 aromatic carbocycles. The van der Waals surface area contributed by atoms with Gasteiger partial charge in [-0.05, 0) is 35.7 Å². The first-order valence-electron chi connectivity index (χ1n) is 9.31. The third kappa shape index (κ3) is 8.60. The molecular formula is C21H31IN4O. The van der Waals surface area contributed by atoms with Crippen LogP contribution in [-0.4, -0.2) is 24.5 Å². The van der Waals surface area contributed by atoms with Crippen LogP contribution in [0.15, 0.2) is 53.7 Å². The van der Waals surface area contributed by atoms with Crippen LogP contribution in [0.5, 0.6) is 5.75 Å². The Kier molecular flexibility index (Phi) is 11.5. The number of rotatable bonds is 9. The van der Waals surface area contributed by atoms with Crippen molar-refractivity contribution in [1.29, 1.82) is 0 Å². The molecule has 0 saturated carbocycles. The highest BCUT2D eigenvalue weighted by molar-refractivity contribution is 14.0. The predicted octanol–water partition coefficient (Wildman–Crippen LogP) is 4.38. The zero-order valence-corrected chi connectivity index (χ0v) is 18.8. The normalized spacial score (nSPS) is 11.0. The van der Waals surface area contributed by atoms with Crippen LogP contribution < -0.4 is 15.4 Å². The lowest BCUT2D eigenvalue weighted by Gasteiger charge is -2.17. The SMILES string of the molecule is CCC(CC)CNC(=NC)NCc1cccc(OCc2ccccn2)c1.I. The highest BCUT2D eigenvalue weighted by atomic mass is 127. The smallest absolute Gasteiger partial charge is 0.191 e. The Morgan fingerprint density at radius 1 is 1.11 bits per heavy atom. The molecule has 2 rings (SSSR count). The molecule has 0 aliphatic heterocycles. The second-order valence-corrected chi connectivity index (χ2v) is 6.25. The van der Waals surface area contributed by atoms with Gasteiger partial charge in [-0.25, -0.2) is 0 Å². The Balaban J connectivity index is 0.00000364. The van der Waals surface area contributed by atoms with Gasteiger partial charge in [-0.1, -0.05) is 44.9 Å². The van der Waals surface area contributed by atoms with Crippen molar-refractivity contribution in [2.75, 3.05) is 13.6 Å². The van der Waals surface area contributed by atoms with Crippen LogP contribution in [0.4, 0.5) is 0 Å². The van der Waals surface area contributed by atoms with Gasteiger partial charge < -0.3 is 15.4 Å². The van der Waals surface area contributed by atoms with Crippen LogP contribution in [-0.2, 0) is 13.2 Å². The van der Waals surface area contributed by atoms with Crippen molar-refractivity contribution in [3.8, 4) is 5.75 Å². The van der Waals surface area contributed by atoms with Crippen LogP contribution in [0, 0.1) is 5.92 Å². The van der Waals surface area contributed by atoms with Crippen molar-refractivity contribution in [2.45, 2.75) is 39.8 Å². The minimum atomic E-state index is 0. The number of ether oxygens (including phenoxy) is 1. The molecule has 0 spiro atoms. The van der Waals surface area contributed by atoms with Gasteiger partial charge in [0.2, 0.25) is 0 Å². The monoisotopic (exact) mass is 482 g/mol. The Bertz CT molecular complexity index is 675. The molecule has 0 saturated heterocycles. The van der Waals surface area contributed by atoms with Gasteiger partial charge in [0.25, 0.3) is 0 Å². The fraction of sp³-hybridized carbons (Fsp3) is 0.429. The van der Waals surface area contributed by atoms with Gasteiger partial charge in [-0.3, -0.25) is 9.98 Å². The summed E-state index contributed by atoms with van der Waals surface area (Å²) in [5.74, 6) is 2.35. The van der Waals surface area contributed by atoms with E-state index in [1.54, 1.807) is 13.2 Å². The van der Waals surface area contributed by atoms with Gasteiger partial charge in [0.05, 0.1) is 5.69 Å². The highest BCUT2D eigenvalue weighted by Crippen LogP contribution is 2.14. The van der Waals surface area contributed by atoms with Crippen LogP contribution in [0.25, 0.3) is 0 Å². The Hall–Kier alpha value is -1.83. The molecule has 6 heteroatoms. The summed E-state index contributed by atoms with van der Waals surface area (Å²) in [6, 6.07) is 13.9. The van der Waals surface area contributed by atoms with Crippen LogP contribution >= 0.6 is 24.0 Å². The number of aromatic nitrogens is 1. The molecule has 5 nitrogen and oxygen atoms in total. The van der Waals surface area contributed by atoms with Crippen molar-refractivity contribution in [3.63, 3.8) is 0 Å². The average Bonchev–Trinajstić information content (AvgIpc) is 2.70. The van der Waals surface area contributed by atoms with Crippen LogP contribution in [0.2, 0.25) is 0 Å². The lowest BCUT2D eigenvalue weighted by atomic mass is 10.0. The zero-order valence-electron chi connectivity index (χ0n) is 16.4. The number of hydrogen-bond acceptors (Lipinski definition) is 3. The largest absolute Gasteiger partial charge is 0.487 e. The number of aliphatic imine (C=N–C) groups is 1. The predicted molar refractivity (Wildman–Crippen MR) is 123 cm³/mol. The second kappa shape index (κ2) is 13.4. The molecule has 0 aliphatic carbocycles. The summed E-state index contributed by atoms with van der Waals surface area (Å²) in [5, 5.41) is 6.76. The van der Waals surface area contributed by atoms with Gasteiger partial charge >= 0.3 is 0 Å². The summed E-state index contributed by atoms with van der Waals surface area (Å²) in [4.78, 5) is 8.57. The van der Waals surface area contributed by atoms with Crippen LogP contribution in [0.1, 0.15) is 37.9 Å². The number of benzene rings is 1. The zero-order chi connectivity index (χ0) is 18.6. The number of guanidine groups is 1. The van der Waals surface area contributed by atoms with E-state index in [1.165, 1.54) is 12.8 Å². The van der Waals surface area contributed by atoms with E-state index >= 15 is 0 Å². The minimum absolute atomic E-state index is 0. The van der Waals surface area contributed by atoms with Gasteiger partial charge in [0.1, 0.15) is 12.4 Å². The number of nitrogens with one attached hydrogen (secondary N) is 2. The Morgan fingerprint density at radius 2 is 1.93 bits per heavy atom. The molecule has 148 valence electrons. The molecular weight excluding hydrogens is 451 g/mol. The van der Waals surface area contributed by atoms with Gasteiger partial charge in [-0.2, -0.15) is 0 Å². The summed E-state index contributed by atoms with van der Waals surface area (Å²) in [5.41, 5.74) is 2.07. The lowest BCUT2D eigenvalue weighted by molar-refractivity contribution is 0.301. The highest BCUT2D eigenvalue weighted by Gasteiger charge is 2.05. The van der Waals surface area contributed by atoms with E-state index in [9.17, 15) is 0 Å². The fourth-order valence-electron chi connectivity index (χ4n) is 2.61. The molecule has 0 amide bonds. The van der Waals surface area contributed by atoms with Crippen molar-refractivity contribution in [3.05, 3.63) is 59.9 Å². The first kappa shape index (κ1) is 23.2. The summed E-state index contributed by atoms with van der Waals surface area (Å²) in [6.07, 6.45) is 4.13. The van der Waals surface area contributed by atoms with Crippen molar-refractivity contribution >= 4 is 29.9 Å². The summed E-state index contributed by atoms with van der Waals surface area (Å²) in [7, 11) is 1.80. The number of nitrogens with zero attached hydrogens (tertiary/aromatic N) is 2. The van der Waals surface area contributed by atoms with Crippen molar-refractivity contribution in [1.82, 2.24) is 15.6 Å². The molecule has 1 heterocycles. The molecule has 2 N–H and O–H groups in total. The van der Waals surface area contributed by atoms with Gasteiger partial charge in [-0.15, -0.1) is 24.0 Å². The molecule has 0 unspecified atom stereocenters. The second-order valence-electron chi connectivity index (χ2n) is 6.25. The summed E-state index contributed by atoms with van der Waals surface area (Å²) >= 11 is 0. The molecule has 2 aromatic rings. The molecule has 0 atom stereocenters. The molecule has 0 bridgehead atoms. The molecule has 0 fully saturated rings. The van der Waals surface area contributed by atoms with E-state index < -0.39 is 0 Å². The Labute approximate surface area is 180 Å². The van der Waals surface area contributed by atoms with E-state index in [4.69, 9.17) is 4.74 Å². The maximum Gasteiger partial charge on any atom is 0.191 e. The molecule has 27 heavy (non-hydrogen) atoms. The molecule has 0 radical (unpaired) electrons. The van der Waals surface area contributed by atoms with Crippen molar-refractivity contribution < 1.29 is 4.74 Å². The summed E-state index contributed by atoms with van der Waals surface area (Å²) in [6.45, 7) is 6.56. The molecule has 0 aliphatic rings.